The van der Waals surface area contributed by atoms with Crippen molar-refractivity contribution in [2.24, 2.45) is 5.41 Å². The first-order valence-corrected chi connectivity index (χ1v) is 17.5. The van der Waals surface area contributed by atoms with Gasteiger partial charge >= 0.3 is 6.01 Å². The molecule has 2 atom stereocenters. The summed E-state index contributed by atoms with van der Waals surface area (Å²) < 4.78 is 23.7. The van der Waals surface area contributed by atoms with Crippen molar-refractivity contribution < 1.29 is 14.2 Å². The Bertz CT molecular complexity index is 2160. The van der Waals surface area contributed by atoms with Gasteiger partial charge < -0.3 is 20.1 Å². The van der Waals surface area contributed by atoms with Crippen molar-refractivity contribution in [3.8, 4) is 35.2 Å². The fourth-order valence-electron chi connectivity index (χ4n) is 8.56. The number of benzene rings is 4. The highest BCUT2D eigenvalue weighted by Crippen LogP contribution is 2.47. The number of terminal acetylenes is 1. The Balaban J connectivity index is 1.10. The number of halogens is 1. The van der Waals surface area contributed by atoms with Crippen molar-refractivity contribution in [1.82, 2.24) is 20.2 Å². The lowest BCUT2D eigenvalue weighted by atomic mass is 9.90. The number of phenolic OH excluding ortho intramolecular Hbond substituents is 1. The molecule has 8 heteroatoms. The summed E-state index contributed by atoms with van der Waals surface area (Å²) in [6, 6.07) is 20.5. The Morgan fingerprint density at radius 3 is 2.61 bits per heavy atom. The number of anilines is 1. The molecule has 1 aliphatic carbocycles. The fourth-order valence-corrected chi connectivity index (χ4v) is 8.56. The van der Waals surface area contributed by atoms with E-state index in [-0.39, 0.29) is 22.7 Å². The molecule has 4 aromatic carbocycles. The molecule has 2 N–H and O–H groups in total. The van der Waals surface area contributed by atoms with Crippen LogP contribution < -0.4 is 15.0 Å². The van der Waals surface area contributed by atoms with E-state index in [2.05, 4.69) is 45.3 Å². The van der Waals surface area contributed by atoms with Crippen LogP contribution in [0.1, 0.15) is 47.9 Å². The third-order valence-corrected chi connectivity index (χ3v) is 11.2. The quantitative estimate of drug-likeness (QED) is 0.189. The van der Waals surface area contributed by atoms with Crippen LogP contribution in [0.2, 0.25) is 0 Å². The molecule has 0 radical (unpaired) electrons. The highest BCUT2D eigenvalue weighted by atomic mass is 19.1. The maximum Gasteiger partial charge on any atom is 0.319 e. The number of aromatic nitrogens is 2. The van der Waals surface area contributed by atoms with Gasteiger partial charge in [-0.3, -0.25) is 4.90 Å². The summed E-state index contributed by atoms with van der Waals surface area (Å²) in [6.45, 7) is 6.95. The maximum absolute atomic E-state index is 17.2. The second-order valence-electron chi connectivity index (χ2n) is 14.7. The summed E-state index contributed by atoms with van der Waals surface area (Å²) in [4.78, 5) is 14.6. The van der Waals surface area contributed by atoms with E-state index in [9.17, 15) is 5.11 Å². The minimum Gasteiger partial charge on any atom is -0.508 e. The van der Waals surface area contributed by atoms with Crippen LogP contribution in [0.3, 0.4) is 0 Å². The van der Waals surface area contributed by atoms with Gasteiger partial charge in [0.25, 0.3) is 0 Å². The predicted molar refractivity (Wildman–Crippen MR) is 192 cm³/mol. The zero-order chi connectivity index (χ0) is 33.3. The molecule has 5 aromatic rings. The van der Waals surface area contributed by atoms with Gasteiger partial charge in [-0.1, -0.05) is 42.3 Å². The highest BCUT2D eigenvalue weighted by molar-refractivity contribution is 6.04. The SMILES string of the molecule is C#Cc1cccc2cc(O)cc(-c3c(C)cc4c(N5CC6CCC(C5)N6)nc(OCC5(CN6CCc7ccccc7C6)CC5)nc4c3F)c12. The molecule has 49 heavy (non-hydrogen) atoms. The summed E-state index contributed by atoms with van der Waals surface area (Å²) in [5, 5.41) is 16.6. The molecule has 1 saturated carbocycles. The molecule has 4 heterocycles. The topological polar surface area (TPSA) is 73.8 Å². The molecule has 2 saturated heterocycles. The molecule has 3 aliphatic heterocycles. The van der Waals surface area contributed by atoms with Gasteiger partial charge in [0, 0.05) is 72.1 Å². The number of nitrogens with one attached hydrogen (secondary N) is 1. The molecular weight excluding hydrogens is 613 g/mol. The standard InChI is InChI=1S/C41H40FN5O2/c1-3-26-9-6-10-28-18-32(48)19-33(36(26)28)35-25(2)17-34-38(37(35)42)44-40(45-39(34)47-21-30-11-12-31(22-47)43-30)49-24-41(14-15-41)23-46-16-13-27-7-4-5-8-29(27)20-46/h1,4-10,17-19,30-31,43,48H,11-16,20-24H2,2H3. The second-order valence-corrected chi connectivity index (χ2v) is 14.7. The van der Waals surface area contributed by atoms with E-state index in [1.807, 2.05) is 31.2 Å². The predicted octanol–water partition coefficient (Wildman–Crippen LogP) is 6.74. The van der Waals surface area contributed by atoms with E-state index in [1.54, 1.807) is 12.1 Å². The lowest BCUT2D eigenvalue weighted by Crippen LogP contribution is -2.51. The van der Waals surface area contributed by atoms with Crippen molar-refractivity contribution >= 4 is 27.5 Å². The van der Waals surface area contributed by atoms with E-state index in [0.29, 0.717) is 40.8 Å². The van der Waals surface area contributed by atoms with E-state index < -0.39 is 5.82 Å². The Morgan fingerprint density at radius 1 is 1.04 bits per heavy atom. The Hall–Kier alpha value is -4.71. The van der Waals surface area contributed by atoms with Crippen LogP contribution in [0.15, 0.2) is 60.7 Å². The second kappa shape index (κ2) is 11.7. The average Bonchev–Trinajstić information content (AvgIpc) is 3.79. The van der Waals surface area contributed by atoms with Crippen LogP contribution in [-0.2, 0) is 13.0 Å². The van der Waals surface area contributed by atoms with Gasteiger partial charge in [-0.2, -0.15) is 9.97 Å². The minimum atomic E-state index is -0.464. The molecule has 2 unspecified atom stereocenters. The first-order chi connectivity index (χ1) is 23.9. The van der Waals surface area contributed by atoms with E-state index in [0.717, 1.165) is 87.0 Å². The van der Waals surface area contributed by atoms with Gasteiger partial charge in [0.15, 0.2) is 5.82 Å². The van der Waals surface area contributed by atoms with E-state index in [4.69, 9.17) is 21.1 Å². The molecule has 7 nitrogen and oxygen atoms in total. The number of rotatable bonds is 7. The van der Waals surface area contributed by atoms with Crippen LogP contribution in [-0.4, -0.2) is 64.8 Å². The van der Waals surface area contributed by atoms with E-state index >= 15 is 4.39 Å². The normalized spacial score (nSPS) is 21.1. The Labute approximate surface area is 286 Å². The van der Waals surface area contributed by atoms with Crippen molar-refractivity contribution in [3.05, 3.63) is 88.7 Å². The van der Waals surface area contributed by atoms with Crippen LogP contribution >= 0.6 is 0 Å². The average molecular weight is 654 g/mol. The number of hydrogen-bond acceptors (Lipinski definition) is 7. The van der Waals surface area contributed by atoms with Crippen LogP contribution in [0.4, 0.5) is 10.2 Å². The molecular formula is C41H40FN5O2. The molecule has 2 bridgehead atoms. The summed E-state index contributed by atoms with van der Waals surface area (Å²) in [5.74, 6) is 3.06. The van der Waals surface area contributed by atoms with Crippen molar-refractivity contribution in [1.29, 1.82) is 0 Å². The number of aromatic hydroxyl groups is 1. The molecule has 3 fully saturated rings. The van der Waals surface area contributed by atoms with Crippen molar-refractivity contribution in [3.63, 3.8) is 0 Å². The van der Waals surface area contributed by atoms with Gasteiger partial charge in [0.2, 0.25) is 0 Å². The lowest BCUT2D eigenvalue weighted by molar-refractivity contribution is 0.145. The monoisotopic (exact) mass is 653 g/mol. The van der Waals surface area contributed by atoms with Gasteiger partial charge in [-0.25, -0.2) is 4.39 Å². The van der Waals surface area contributed by atoms with Crippen molar-refractivity contribution in [2.45, 2.75) is 57.7 Å². The first-order valence-electron chi connectivity index (χ1n) is 17.5. The van der Waals surface area contributed by atoms with Gasteiger partial charge in [0.1, 0.15) is 17.1 Å². The largest absolute Gasteiger partial charge is 0.508 e. The number of fused-ring (bicyclic) bond motifs is 5. The van der Waals surface area contributed by atoms with Crippen molar-refractivity contribution in [2.75, 3.05) is 37.7 Å². The number of piperazine rings is 1. The van der Waals surface area contributed by atoms with Crippen LogP contribution in [0.5, 0.6) is 11.8 Å². The summed E-state index contributed by atoms with van der Waals surface area (Å²) in [7, 11) is 0. The number of hydrogen-bond donors (Lipinski definition) is 2. The number of ether oxygens (including phenoxy) is 1. The van der Waals surface area contributed by atoms with Gasteiger partial charge in [-0.15, -0.1) is 6.42 Å². The maximum atomic E-state index is 17.2. The third-order valence-electron chi connectivity index (χ3n) is 11.2. The zero-order valence-electron chi connectivity index (χ0n) is 27.8. The van der Waals surface area contributed by atoms with Crippen LogP contribution in [0, 0.1) is 30.5 Å². The Morgan fingerprint density at radius 2 is 1.84 bits per heavy atom. The van der Waals surface area contributed by atoms with Gasteiger partial charge in [-0.05, 0) is 90.9 Å². The minimum absolute atomic E-state index is 0.0437. The van der Waals surface area contributed by atoms with Crippen LogP contribution in [0.25, 0.3) is 32.8 Å². The zero-order valence-corrected chi connectivity index (χ0v) is 27.8. The summed E-state index contributed by atoms with van der Waals surface area (Å²) in [6.07, 6.45) is 11.4. The summed E-state index contributed by atoms with van der Waals surface area (Å²) in [5.41, 5.74) is 5.40. The first kappa shape index (κ1) is 30.4. The molecule has 248 valence electrons. The lowest BCUT2D eigenvalue weighted by Gasteiger charge is -2.34. The summed E-state index contributed by atoms with van der Waals surface area (Å²) >= 11 is 0. The number of aryl methyl sites for hydroxylation is 1. The fraction of sp³-hybridized carbons (Fsp3) is 0.366. The molecule has 0 spiro atoms. The third kappa shape index (κ3) is 5.46. The molecule has 1 aromatic heterocycles. The molecule has 9 rings (SSSR count). The number of phenols is 1. The number of nitrogens with zero attached hydrogens (tertiary/aromatic N) is 4. The highest BCUT2D eigenvalue weighted by Gasteiger charge is 2.45. The van der Waals surface area contributed by atoms with Gasteiger partial charge in [0.05, 0.1) is 6.61 Å². The molecule has 4 aliphatic rings. The Kier molecular flexibility index (Phi) is 7.26. The van der Waals surface area contributed by atoms with E-state index in [1.165, 1.54) is 11.1 Å². The smallest absolute Gasteiger partial charge is 0.319 e. The molecule has 0 amide bonds.